The fourth-order valence-corrected chi connectivity index (χ4v) is 1.07. The number of aromatic nitrogens is 1. The molecule has 0 radical (unpaired) electrons. The van der Waals surface area contributed by atoms with Gasteiger partial charge >= 0.3 is 11.2 Å². The molecule has 15 heavy (non-hydrogen) atoms. The van der Waals surface area contributed by atoms with E-state index in [1.807, 2.05) is 0 Å². The van der Waals surface area contributed by atoms with Crippen molar-refractivity contribution < 1.29 is 18.8 Å². The minimum Gasteiger partial charge on any atom is -0.391 e. The number of hydrogen-bond donors (Lipinski definition) is 2. The summed E-state index contributed by atoms with van der Waals surface area (Å²) in [6.07, 6.45) is -2.95. The highest BCUT2D eigenvalue weighted by Gasteiger charge is 2.22. The SMILES string of the molecule is O=c1[nH]c(C(F)F)cc(CO)c1[N+](=O)[O-]. The van der Waals surface area contributed by atoms with Crippen LogP contribution in [0.1, 0.15) is 17.7 Å². The van der Waals surface area contributed by atoms with E-state index in [1.54, 1.807) is 4.98 Å². The number of nitro groups is 1. The first-order chi connectivity index (χ1) is 6.97. The van der Waals surface area contributed by atoms with Gasteiger partial charge in [-0.3, -0.25) is 14.9 Å². The number of halogens is 2. The molecule has 2 N–H and O–H groups in total. The van der Waals surface area contributed by atoms with E-state index in [2.05, 4.69) is 0 Å². The molecule has 0 atom stereocenters. The van der Waals surface area contributed by atoms with Crippen molar-refractivity contribution >= 4 is 5.69 Å². The van der Waals surface area contributed by atoms with Crippen LogP contribution in [0.5, 0.6) is 0 Å². The Morgan fingerprint density at radius 1 is 1.60 bits per heavy atom. The Balaban J connectivity index is 3.44. The molecular weight excluding hydrogens is 214 g/mol. The Kier molecular flexibility index (Phi) is 3.10. The smallest absolute Gasteiger partial charge is 0.339 e. The lowest BCUT2D eigenvalue weighted by Crippen LogP contribution is -2.16. The molecule has 8 heteroatoms. The van der Waals surface area contributed by atoms with Crippen LogP contribution in [0.15, 0.2) is 10.9 Å². The fraction of sp³-hybridized carbons (Fsp3) is 0.286. The maximum Gasteiger partial charge on any atom is 0.339 e. The van der Waals surface area contributed by atoms with Crippen LogP contribution in [0.2, 0.25) is 0 Å². The molecule has 0 saturated carbocycles. The van der Waals surface area contributed by atoms with Crippen LogP contribution in [0, 0.1) is 10.1 Å². The van der Waals surface area contributed by atoms with Gasteiger partial charge in [0, 0.05) is 0 Å². The zero-order valence-electron chi connectivity index (χ0n) is 7.24. The van der Waals surface area contributed by atoms with Crippen LogP contribution in [0.4, 0.5) is 14.5 Å². The summed E-state index contributed by atoms with van der Waals surface area (Å²) >= 11 is 0. The van der Waals surface area contributed by atoms with Crippen molar-refractivity contribution in [2.75, 3.05) is 0 Å². The summed E-state index contributed by atoms with van der Waals surface area (Å²) in [5, 5.41) is 19.1. The van der Waals surface area contributed by atoms with Gasteiger partial charge in [-0.25, -0.2) is 8.78 Å². The quantitative estimate of drug-likeness (QED) is 0.579. The number of alkyl halides is 2. The molecule has 82 valence electrons. The Bertz CT molecular complexity index is 443. The zero-order valence-corrected chi connectivity index (χ0v) is 7.24. The molecule has 0 unspecified atom stereocenters. The van der Waals surface area contributed by atoms with Gasteiger partial charge in [0.15, 0.2) is 0 Å². The molecule has 0 amide bonds. The van der Waals surface area contributed by atoms with Crippen molar-refractivity contribution in [2.24, 2.45) is 0 Å². The van der Waals surface area contributed by atoms with Gasteiger partial charge in [0.25, 0.3) is 6.43 Å². The first-order valence-corrected chi connectivity index (χ1v) is 3.77. The molecular formula is C7H6F2N2O4. The Morgan fingerprint density at radius 2 is 2.20 bits per heavy atom. The summed E-state index contributed by atoms with van der Waals surface area (Å²) < 4.78 is 24.3. The van der Waals surface area contributed by atoms with Crippen LogP contribution in [0.3, 0.4) is 0 Å². The maximum atomic E-state index is 12.2. The van der Waals surface area contributed by atoms with E-state index >= 15 is 0 Å². The number of aliphatic hydroxyl groups excluding tert-OH is 1. The van der Waals surface area contributed by atoms with Gasteiger partial charge in [-0.2, -0.15) is 0 Å². The monoisotopic (exact) mass is 220 g/mol. The highest BCUT2D eigenvalue weighted by molar-refractivity contribution is 5.38. The summed E-state index contributed by atoms with van der Waals surface area (Å²) in [6.45, 7) is -0.847. The molecule has 1 heterocycles. The van der Waals surface area contributed by atoms with Crippen LogP contribution < -0.4 is 5.56 Å². The molecule has 0 aromatic carbocycles. The molecule has 1 aromatic rings. The number of nitrogens with zero attached hydrogens (tertiary/aromatic N) is 1. The second-order valence-corrected chi connectivity index (χ2v) is 2.64. The highest BCUT2D eigenvalue weighted by Crippen LogP contribution is 2.20. The summed E-state index contributed by atoms with van der Waals surface area (Å²) in [4.78, 5) is 22.0. The predicted molar refractivity (Wildman–Crippen MR) is 44.6 cm³/mol. The first-order valence-electron chi connectivity index (χ1n) is 3.77. The average molecular weight is 220 g/mol. The normalized spacial score (nSPS) is 10.7. The Hall–Kier alpha value is -1.83. The van der Waals surface area contributed by atoms with E-state index in [4.69, 9.17) is 5.11 Å². The zero-order chi connectivity index (χ0) is 11.6. The molecule has 0 fully saturated rings. The van der Waals surface area contributed by atoms with Gasteiger partial charge in [-0.05, 0) is 6.07 Å². The van der Waals surface area contributed by atoms with E-state index < -0.39 is 40.5 Å². The Labute approximate surface area is 81.3 Å². The molecule has 0 aliphatic rings. The number of H-pyrrole nitrogens is 1. The third-order valence-corrected chi connectivity index (χ3v) is 1.69. The Morgan fingerprint density at radius 3 is 2.60 bits per heavy atom. The minimum atomic E-state index is -2.95. The number of nitrogens with one attached hydrogen (secondary N) is 1. The molecule has 6 nitrogen and oxygen atoms in total. The van der Waals surface area contributed by atoms with E-state index in [0.29, 0.717) is 6.07 Å². The maximum absolute atomic E-state index is 12.2. The topological polar surface area (TPSA) is 96.2 Å². The summed E-state index contributed by atoms with van der Waals surface area (Å²) in [7, 11) is 0. The molecule has 1 rings (SSSR count). The largest absolute Gasteiger partial charge is 0.391 e. The number of pyridine rings is 1. The molecule has 1 aromatic heterocycles. The predicted octanol–water partition coefficient (Wildman–Crippen LogP) is 0.713. The van der Waals surface area contributed by atoms with Crippen LogP contribution in [-0.4, -0.2) is 15.0 Å². The summed E-state index contributed by atoms with van der Waals surface area (Å²) in [5.74, 6) is 0. The third kappa shape index (κ3) is 2.15. The van der Waals surface area contributed by atoms with Crippen LogP contribution in [0.25, 0.3) is 0 Å². The number of rotatable bonds is 3. The second kappa shape index (κ2) is 4.13. The molecule has 0 spiro atoms. The lowest BCUT2D eigenvalue weighted by molar-refractivity contribution is -0.387. The molecule has 0 saturated heterocycles. The van der Waals surface area contributed by atoms with Crippen molar-refractivity contribution in [3.8, 4) is 0 Å². The second-order valence-electron chi connectivity index (χ2n) is 2.64. The van der Waals surface area contributed by atoms with Gasteiger partial charge < -0.3 is 10.1 Å². The van der Waals surface area contributed by atoms with Crippen molar-refractivity contribution in [1.29, 1.82) is 0 Å². The van der Waals surface area contributed by atoms with Gasteiger partial charge in [-0.1, -0.05) is 0 Å². The number of aromatic amines is 1. The average Bonchev–Trinajstić information content (AvgIpc) is 2.15. The van der Waals surface area contributed by atoms with Gasteiger partial charge in [0.2, 0.25) is 0 Å². The van der Waals surface area contributed by atoms with Crippen molar-refractivity contribution in [3.05, 3.63) is 37.8 Å². The minimum absolute atomic E-state index is 0.431. The third-order valence-electron chi connectivity index (χ3n) is 1.69. The number of hydrogen-bond acceptors (Lipinski definition) is 4. The van der Waals surface area contributed by atoms with E-state index in [9.17, 15) is 23.7 Å². The van der Waals surface area contributed by atoms with Gasteiger partial charge in [0.05, 0.1) is 22.8 Å². The molecule has 0 bridgehead atoms. The van der Waals surface area contributed by atoms with Crippen molar-refractivity contribution in [1.82, 2.24) is 4.98 Å². The van der Waals surface area contributed by atoms with Gasteiger partial charge in [-0.15, -0.1) is 0 Å². The standard InChI is InChI=1S/C7H6F2N2O4/c8-6(9)4-1-3(2-12)5(11(14)15)7(13)10-4/h1,6,12H,2H2,(H,10,13). The lowest BCUT2D eigenvalue weighted by atomic mass is 10.2. The van der Waals surface area contributed by atoms with E-state index in [1.165, 1.54) is 0 Å². The highest BCUT2D eigenvalue weighted by atomic mass is 19.3. The lowest BCUT2D eigenvalue weighted by Gasteiger charge is -2.02. The number of aliphatic hydroxyl groups is 1. The summed E-state index contributed by atoms with van der Waals surface area (Å²) in [5.41, 5.74) is -3.35. The van der Waals surface area contributed by atoms with Crippen molar-refractivity contribution in [3.63, 3.8) is 0 Å². The van der Waals surface area contributed by atoms with Crippen molar-refractivity contribution in [2.45, 2.75) is 13.0 Å². The molecule has 0 aliphatic carbocycles. The summed E-state index contributed by atoms with van der Waals surface area (Å²) in [6, 6.07) is 0.699. The van der Waals surface area contributed by atoms with Gasteiger partial charge in [0.1, 0.15) is 0 Å². The first kappa shape index (κ1) is 11.2. The van der Waals surface area contributed by atoms with E-state index in [0.717, 1.165) is 0 Å². The molecule has 0 aliphatic heterocycles. The van der Waals surface area contributed by atoms with Crippen LogP contribution >= 0.6 is 0 Å². The van der Waals surface area contributed by atoms with Crippen LogP contribution in [-0.2, 0) is 6.61 Å². The fourth-order valence-electron chi connectivity index (χ4n) is 1.07. The van der Waals surface area contributed by atoms with E-state index in [-0.39, 0.29) is 0 Å².